The van der Waals surface area contributed by atoms with Crippen molar-refractivity contribution in [2.45, 2.75) is 50.5 Å². The lowest BCUT2D eigenvalue weighted by Crippen LogP contribution is -2.46. The van der Waals surface area contributed by atoms with Crippen LogP contribution in [0.15, 0.2) is 18.2 Å². The van der Waals surface area contributed by atoms with E-state index in [1.165, 1.54) is 11.1 Å². The molecule has 1 aromatic carbocycles. The fourth-order valence-corrected chi connectivity index (χ4v) is 4.33. The average Bonchev–Trinajstić information content (AvgIpc) is 2.66. The second-order valence-corrected chi connectivity index (χ2v) is 7.58. The molecule has 0 spiro atoms. The molecule has 1 amide bonds. The molecule has 1 saturated heterocycles. The summed E-state index contributed by atoms with van der Waals surface area (Å²) in [7, 11) is 1.83. The zero-order valence-corrected chi connectivity index (χ0v) is 15.5. The molecule has 1 aliphatic carbocycles. The number of alkyl halides is 2. The number of likely N-dealkylation sites (tertiary alicyclic amines) is 1. The fourth-order valence-electron chi connectivity index (χ4n) is 4.33. The molecule has 1 atom stereocenters. The maximum absolute atomic E-state index is 12.9. The van der Waals surface area contributed by atoms with Crippen molar-refractivity contribution in [1.29, 1.82) is 0 Å². The Morgan fingerprint density at radius 2 is 2.04 bits per heavy atom. The van der Waals surface area contributed by atoms with Crippen LogP contribution in [0.4, 0.5) is 8.78 Å². The van der Waals surface area contributed by atoms with Gasteiger partial charge in [0.15, 0.2) is 0 Å². The third-order valence-electron chi connectivity index (χ3n) is 5.94. The number of nitrogens with zero attached hydrogens (tertiary/aromatic N) is 2. The summed E-state index contributed by atoms with van der Waals surface area (Å²) in [5, 5.41) is 0. The Morgan fingerprint density at radius 3 is 2.69 bits per heavy atom. The number of hydrogen-bond donors (Lipinski definition) is 1. The van der Waals surface area contributed by atoms with Crippen molar-refractivity contribution in [3.8, 4) is 0 Å². The first kappa shape index (κ1) is 19.2. The Bertz CT molecular complexity index is 629. The summed E-state index contributed by atoms with van der Waals surface area (Å²) in [6.07, 6.45) is 2.48. The van der Waals surface area contributed by atoms with Gasteiger partial charge in [-0.05, 0) is 67.8 Å². The van der Waals surface area contributed by atoms with Crippen molar-refractivity contribution in [3.05, 3.63) is 34.9 Å². The minimum Gasteiger partial charge on any atom is -0.339 e. The first-order valence-electron chi connectivity index (χ1n) is 9.60. The number of carbonyl (C=O) groups is 1. The molecule has 1 aromatic rings. The maximum atomic E-state index is 12.9. The van der Waals surface area contributed by atoms with Gasteiger partial charge < -0.3 is 10.6 Å². The van der Waals surface area contributed by atoms with E-state index in [1.54, 1.807) is 9.80 Å². The number of carbonyl (C=O) groups excluding carboxylic acids is 1. The topological polar surface area (TPSA) is 49.6 Å². The van der Waals surface area contributed by atoms with Gasteiger partial charge in [0.05, 0.1) is 6.54 Å². The van der Waals surface area contributed by atoms with Gasteiger partial charge in [-0.25, -0.2) is 8.78 Å². The van der Waals surface area contributed by atoms with Gasteiger partial charge in [-0.15, -0.1) is 0 Å². The summed E-state index contributed by atoms with van der Waals surface area (Å²) in [5.74, 6) is 0.357. The van der Waals surface area contributed by atoms with Crippen molar-refractivity contribution >= 4 is 5.91 Å². The third-order valence-corrected chi connectivity index (χ3v) is 5.94. The van der Waals surface area contributed by atoms with Crippen LogP contribution in [0.3, 0.4) is 0 Å². The van der Waals surface area contributed by atoms with E-state index >= 15 is 0 Å². The lowest BCUT2D eigenvalue weighted by Gasteiger charge is -2.36. The van der Waals surface area contributed by atoms with Crippen LogP contribution in [0, 0.1) is 0 Å². The van der Waals surface area contributed by atoms with Crippen molar-refractivity contribution in [2.24, 2.45) is 5.73 Å². The van der Waals surface area contributed by atoms with Gasteiger partial charge in [0.1, 0.15) is 0 Å². The molecule has 1 fully saturated rings. The predicted octanol–water partition coefficient (Wildman–Crippen LogP) is 2.87. The molecular formula is C20H29F2N3O. The lowest BCUT2D eigenvalue weighted by molar-refractivity contribution is 0.0486. The summed E-state index contributed by atoms with van der Waals surface area (Å²) in [4.78, 5) is 16.5. The number of nitrogens with two attached hydrogens (primary N) is 1. The van der Waals surface area contributed by atoms with Crippen LogP contribution in [0.25, 0.3) is 0 Å². The first-order valence-corrected chi connectivity index (χ1v) is 9.60. The van der Waals surface area contributed by atoms with E-state index in [0.29, 0.717) is 31.1 Å². The van der Waals surface area contributed by atoms with Crippen LogP contribution in [0.1, 0.15) is 53.1 Å². The van der Waals surface area contributed by atoms with Gasteiger partial charge in [0.2, 0.25) is 0 Å². The molecule has 0 saturated carbocycles. The smallest absolute Gasteiger partial charge is 0.253 e. The minimum atomic E-state index is -2.29. The molecule has 1 heterocycles. The van der Waals surface area contributed by atoms with E-state index in [0.717, 1.165) is 32.1 Å². The zero-order valence-electron chi connectivity index (χ0n) is 15.5. The second-order valence-electron chi connectivity index (χ2n) is 7.58. The molecule has 0 radical (unpaired) electrons. The van der Waals surface area contributed by atoms with Crippen LogP contribution < -0.4 is 5.73 Å². The Labute approximate surface area is 154 Å². The van der Waals surface area contributed by atoms with Crippen LogP contribution in [-0.4, -0.2) is 61.4 Å². The molecule has 26 heavy (non-hydrogen) atoms. The SMILES string of the molecule is CN(C(=O)c1ccc2c(c1)[C@H](CN)CCC2)C1CCN(CC(F)F)CC1. The molecule has 1 aliphatic heterocycles. The van der Waals surface area contributed by atoms with Gasteiger partial charge >= 0.3 is 0 Å². The zero-order chi connectivity index (χ0) is 18.7. The molecular weight excluding hydrogens is 336 g/mol. The van der Waals surface area contributed by atoms with Crippen LogP contribution in [0.5, 0.6) is 0 Å². The number of benzene rings is 1. The van der Waals surface area contributed by atoms with Crippen molar-refractivity contribution in [1.82, 2.24) is 9.80 Å². The summed E-state index contributed by atoms with van der Waals surface area (Å²) in [5.41, 5.74) is 9.16. The molecule has 144 valence electrons. The monoisotopic (exact) mass is 365 g/mol. The standard InChI is InChI=1S/C20H29F2N3O/c1-24(17-7-9-25(10-8-17)13-19(21)22)20(26)15-6-5-14-3-2-4-16(12-23)18(14)11-15/h5-6,11,16-17,19H,2-4,7-10,12-13,23H2,1H3/t16-/m0/s1. The van der Waals surface area contributed by atoms with Gasteiger partial charge in [-0.2, -0.15) is 0 Å². The highest BCUT2D eigenvalue weighted by Gasteiger charge is 2.28. The van der Waals surface area contributed by atoms with E-state index in [2.05, 4.69) is 6.07 Å². The van der Waals surface area contributed by atoms with Crippen LogP contribution >= 0.6 is 0 Å². The Morgan fingerprint density at radius 1 is 1.31 bits per heavy atom. The van der Waals surface area contributed by atoms with Gasteiger partial charge in [-0.3, -0.25) is 9.69 Å². The van der Waals surface area contributed by atoms with E-state index in [4.69, 9.17) is 5.73 Å². The highest BCUT2D eigenvalue weighted by molar-refractivity contribution is 5.94. The number of piperidine rings is 1. The normalized spacial score (nSPS) is 21.7. The largest absolute Gasteiger partial charge is 0.339 e. The number of amides is 1. The molecule has 3 rings (SSSR count). The summed E-state index contributed by atoms with van der Waals surface area (Å²) in [6, 6.07) is 6.13. The quantitative estimate of drug-likeness (QED) is 0.873. The number of hydrogen-bond acceptors (Lipinski definition) is 3. The van der Waals surface area contributed by atoms with Crippen LogP contribution in [-0.2, 0) is 6.42 Å². The molecule has 4 nitrogen and oxygen atoms in total. The number of aryl methyl sites for hydroxylation is 1. The summed E-state index contributed by atoms with van der Waals surface area (Å²) in [6.45, 7) is 1.68. The average molecular weight is 365 g/mol. The fraction of sp³-hybridized carbons (Fsp3) is 0.650. The van der Waals surface area contributed by atoms with E-state index in [1.807, 2.05) is 19.2 Å². The molecule has 6 heteroatoms. The third kappa shape index (κ3) is 4.23. The lowest BCUT2D eigenvalue weighted by atomic mass is 9.82. The van der Waals surface area contributed by atoms with Gasteiger partial charge in [0.25, 0.3) is 12.3 Å². The van der Waals surface area contributed by atoms with Crippen molar-refractivity contribution in [3.63, 3.8) is 0 Å². The molecule has 2 N–H and O–H groups in total. The number of halogens is 2. The van der Waals surface area contributed by atoms with E-state index in [9.17, 15) is 13.6 Å². The first-order chi connectivity index (χ1) is 12.5. The molecule has 0 aromatic heterocycles. The van der Waals surface area contributed by atoms with Crippen molar-refractivity contribution < 1.29 is 13.6 Å². The van der Waals surface area contributed by atoms with E-state index in [-0.39, 0.29) is 18.5 Å². The maximum Gasteiger partial charge on any atom is 0.253 e. The predicted molar refractivity (Wildman–Crippen MR) is 98.7 cm³/mol. The Balaban J connectivity index is 1.66. The summed E-state index contributed by atoms with van der Waals surface area (Å²) < 4.78 is 25.0. The highest BCUT2D eigenvalue weighted by atomic mass is 19.3. The molecule has 0 bridgehead atoms. The number of fused-ring (bicyclic) bond motifs is 1. The Hall–Kier alpha value is -1.53. The van der Waals surface area contributed by atoms with E-state index < -0.39 is 6.43 Å². The molecule has 2 aliphatic rings. The minimum absolute atomic E-state index is 0.0152. The van der Waals surface area contributed by atoms with Crippen LogP contribution in [0.2, 0.25) is 0 Å². The highest BCUT2D eigenvalue weighted by Crippen LogP contribution is 2.32. The second kappa shape index (κ2) is 8.44. The summed E-state index contributed by atoms with van der Waals surface area (Å²) >= 11 is 0. The van der Waals surface area contributed by atoms with Gasteiger partial charge in [0, 0.05) is 31.7 Å². The van der Waals surface area contributed by atoms with Gasteiger partial charge in [-0.1, -0.05) is 6.07 Å². The Kier molecular flexibility index (Phi) is 6.24. The van der Waals surface area contributed by atoms with Crippen molar-refractivity contribution in [2.75, 3.05) is 33.2 Å². The number of rotatable bonds is 5. The molecule has 0 unspecified atom stereocenters.